The van der Waals surface area contributed by atoms with Crippen LogP contribution in [0.2, 0.25) is 0 Å². The lowest BCUT2D eigenvalue weighted by atomic mass is 9.80. The van der Waals surface area contributed by atoms with Crippen molar-refractivity contribution in [2.24, 2.45) is 11.8 Å². The molecule has 0 aliphatic heterocycles. The van der Waals surface area contributed by atoms with Gasteiger partial charge in [-0.1, -0.05) is 86.2 Å². The molecule has 0 heteroatoms. The van der Waals surface area contributed by atoms with Gasteiger partial charge in [0.1, 0.15) is 0 Å². The number of unbranched alkanes of at least 4 members (excludes halogenated alkanes) is 1. The minimum Gasteiger partial charge on any atom is -0.0851 e. The molecule has 1 saturated carbocycles. The van der Waals surface area contributed by atoms with Crippen LogP contribution < -0.4 is 0 Å². The molecule has 2 bridgehead atoms. The Balaban J connectivity index is 1.70. The number of hydrogen-bond acceptors (Lipinski definition) is 0. The molecule has 3 atom stereocenters. The van der Waals surface area contributed by atoms with Crippen LogP contribution in [0.1, 0.15) is 60.8 Å². The molecule has 2 aliphatic rings. The Morgan fingerprint density at radius 3 is 2.52 bits per heavy atom. The summed E-state index contributed by atoms with van der Waals surface area (Å²) in [5.74, 6) is 2.30. The van der Waals surface area contributed by atoms with Crippen molar-refractivity contribution in [3.63, 3.8) is 0 Å². The predicted molar refractivity (Wildman–Crippen MR) is 109 cm³/mol. The van der Waals surface area contributed by atoms with Gasteiger partial charge in [0.2, 0.25) is 0 Å². The summed E-state index contributed by atoms with van der Waals surface area (Å²) in [7, 11) is 0. The number of rotatable bonds is 6. The van der Waals surface area contributed by atoms with Gasteiger partial charge in [0.05, 0.1) is 0 Å². The maximum Gasteiger partial charge on any atom is -0.00845 e. The van der Waals surface area contributed by atoms with Gasteiger partial charge in [-0.25, -0.2) is 0 Å². The Labute approximate surface area is 152 Å². The van der Waals surface area contributed by atoms with Gasteiger partial charge >= 0.3 is 0 Å². The van der Waals surface area contributed by atoms with Crippen LogP contribution in [0.3, 0.4) is 0 Å². The van der Waals surface area contributed by atoms with Gasteiger partial charge in [-0.05, 0) is 65.7 Å². The Morgan fingerprint density at radius 2 is 1.80 bits per heavy atom. The van der Waals surface area contributed by atoms with Gasteiger partial charge in [-0.3, -0.25) is 0 Å². The first-order valence-electron chi connectivity index (χ1n) is 9.88. The summed E-state index contributed by atoms with van der Waals surface area (Å²) >= 11 is 0. The Hall–Kier alpha value is -2.08. The largest absolute Gasteiger partial charge is 0.0851 e. The molecular formula is C25H28. The van der Waals surface area contributed by atoms with Gasteiger partial charge in [-0.15, -0.1) is 0 Å². The number of benzene rings is 2. The van der Waals surface area contributed by atoms with Gasteiger partial charge in [0.15, 0.2) is 0 Å². The van der Waals surface area contributed by atoms with E-state index in [1.54, 1.807) is 11.1 Å². The number of fused-ring (bicyclic) bond motifs is 2. The zero-order chi connectivity index (χ0) is 17.1. The average molecular weight is 328 g/mol. The summed E-state index contributed by atoms with van der Waals surface area (Å²) < 4.78 is 0. The molecule has 128 valence electrons. The predicted octanol–water partition coefficient (Wildman–Crippen LogP) is 6.88. The molecule has 0 aromatic heterocycles. The molecule has 0 N–H and O–H groups in total. The summed E-state index contributed by atoms with van der Waals surface area (Å²) in [6.45, 7) is 2.29. The second kappa shape index (κ2) is 7.44. The van der Waals surface area contributed by atoms with Crippen molar-refractivity contribution in [1.82, 2.24) is 0 Å². The smallest absolute Gasteiger partial charge is 0.00845 e. The Morgan fingerprint density at radius 1 is 0.920 bits per heavy atom. The lowest BCUT2D eigenvalue weighted by Crippen LogP contribution is -2.10. The zero-order valence-corrected chi connectivity index (χ0v) is 15.2. The third-order valence-corrected chi connectivity index (χ3v) is 5.93. The van der Waals surface area contributed by atoms with Crippen molar-refractivity contribution in [3.8, 4) is 0 Å². The van der Waals surface area contributed by atoms with Crippen LogP contribution in [0.4, 0.5) is 0 Å². The number of hydrogen-bond donors (Lipinski definition) is 0. The van der Waals surface area contributed by atoms with E-state index in [-0.39, 0.29) is 0 Å². The topological polar surface area (TPSA) is 0 Å². The molecule has 0 radical (unpaired) electrons. The lowest BCUT2D eigenvalue weighted by molar-refractivity contribution is 0.577. The molecule has 2 aromatic carbocycles. The molecule has 0 spiro atoms. The van der Waals surface area contributed by atoms with E-state index >= 15 is 0 Å². The minimum absolute atomic E-state index is 0.721. The molecule has 2 aromatic rings. The highest BCUT2D eigenvalue weighted by molar-refractivity contribution is 5.72. The maximum atomic E-state index is 2.49. The first kappa shape index (κ1) is 16.4. The van der Waals surface area contributed by atoms with Crippen LogP contribution in [-0.2, 0) is 6.42 Å². The van der Waals surface area contributed by atoms with Crippen LogP contribution in [-0.4, -0.2) is 0 Å². The Kier molecular flexibility index (Phi) is 4.88. The molecular weight excluding hydrogens is 300 g/mol. The van der Waals surface area contributed by atoms with Crippen molar-refractivity contribution >= 4 is 12.2 Å². The SMILES string of the molecule is CCCCc1cccc(/C=C/c2ccccc2)c1C1CC2C=CC1C2. The van der Waals surface area contributed by atoms with E-state index < -0.39 is 0 Å². The van der Waals surface area contributed by atoms with Crippen LogP contribution >= 0.6 is 0 Å². The summed E-state index contributed by atoms with van der Waals surface area (Å²) in [5.41, 5.74) is 5.94. The van der Waals surface area contributed by atoms with E-state index in [1.807, 2.05) is 0 Å². The summed E-state index contributed by atoms with van der Waals surface area (Å²) in [4.78, 5) is 0. The van der Waals surface area contributed by atoms with Crippen molar-refractivity contribution in [1.29, 1.82) is 0 Å². The molecule has 0 heterocycles. The summed E-state index contributed by atoms with van der Waals surface area (Å²) in [6, 6.07) is 17.6. The molecule has 4 rings (SSSR count). The molecule has 0 nitrogen and oxygen atoms in total. The fourth-order valence-electron chi connectivity index (χ4n) is 4.68. The first-order chi connectivity index (χ1) is 12.3. The van der Waals surface area contributed by atoms with E-state index in [0.29, 0.717) is 0 Å². The second-order valence-corrected chi connectivity index (χ2v) is 7.65. The molecule has 0 amide bonds. The normalized spacial score (nSPS) is 24.4. The summed E-state index contributed by atoms with van der Waals surface area (Å²) in [6.07, 6.45) is 16.0. The van der Waals surface area contributed by atoms with Crippen LogP contribution in [0.25, 0.3) is 12.2 Å². The minimum atomic E-state index is 0.721. The fraction of sp³-hybridized carbons (Fsp3) is 0.360. The number of aryl methyl sites for hydroxylation is 1. The van der Waals surface area contributed by atoms with E-state index in [2.05, 4.69) is 79.8 Å². The van der Waals surface area contributed by atoms with Crippen LogP contribution in [0.15, 0.2) is 60.7 Å². The maximum absolute atomic E-state index is 2.49. The molecule has 2 aliphatic carbocycles. The highest BCUT2D eigenvalue weighted by Gasteiger charge is 2.37. The van der Waals surface area contributed by atoms with Gasteiger partial charge < -0.3 is 0 Å². The standard InChI is InChI=1S/C25H28/c1-2-3-10-21-11-7-12-22(15-13-19-8-5-4-6-9-19)25(21)24-18-20-14-16-23(24)17-20/h4-9,11-16,20,23-24H,2-3,10,17-18H2,1H3/b15-13+. The van der Waals surface area contributed by atoms with E-state index in [1.165, 1.54) is 43.2 Å². The highest BCUT2D eigenvalue weighted by Crippen LogP contribution is 2.50. The van der Waals surface area contributed by atoms with Crippen molar-refractivity contribution < 1.29 is 0 Å². The molecule has 1 fully saturated rings. The molecule has 3 unspecified atom stereocenters. The van der Waals surface area contributed by atoms with Crippen LogP contribution in [0, 0.1) is 11.8 Å². The third-order valence-electron chi connectivity index (χ3n) is 5.93. The van der Waals surface area contributed by atoms with Crippen molar-refractivity contribution in [2.75, 3.05) is 0 Å². The van der Waals surface area contributed by atoms with Gasteiger partial charge in [0.25, 0.3) is 0 Å². The second-order valence-electron chi connectivity index (χ2n) is 7.65. The monoisotopic (exact) mass is 328 g/mol. The lowest BCUT2D eigenvalue weighted by Gasteiger charge is -2.24. The highest BCUT2D eigenvalue weighted by atomic mass is 14.4. The van der Waals surface area contributed by atoms with E-state index in [4.69, 9.17) is 0 Å². The first-order valence-corrected chi connectivity index (χ1v) is 9.88. The average Bonchev–Trinajstić information content (AvgIpc) is 3.29. The Bertz CT molecular complexity index is 766. The molecule has 0 saturated heterocycles. The zero-order valence-electron chi connectivity index (χ0n) is 15.2. The van der Waals surface area contributed by atoms with E-state index in [9.17, 15) is 0 Å². The van der Waals surface area contributed by atoms with Gasteiger partial charge in [-0.2, -0.15) is 0 Å². The number of allylic oxidation sites excluding steroid dienone is 2. The van der Waals surface area contributed by atoms with Crippen molar-refractivity contribution in [2.45, 2.75) is 44.9 Å². The third kappa shape index (κ3) is 3.49. The quantitative estimate of drug-likeness (QED) is 0.400. The van der Waals surface area contributed by atoms with Gasteiger partial charge in [0, 0.05) is 0 Å². The molecule has 25 heavy (non-hydrogen) atoms. The van der Waals surface area contributed by atoms with Crippen molar-refractivity contribution in [3.05, 3.63) is 82.9 Å². The summed E-state index contributed by atoms with van der Waals surface area (Å²) in [5, 5.41) is 0. The van der Waals surface area contributed by atoms with E-state index in [0.717, 1.165) is 17.8 Å². The fourth-order valence-corrected chi connectivity index (χ4v) is 4.68. The van der Waals surface area contributed by atoms with Crippen LogP contribution in [0.5, 0.6) is 0 Å².